The molecule has 0 bridgehead atoms. The number of fused-ring (bicyclic) bond motifs is 3. The van der Waals surface area contributed by atoms with E-state index in [2.05, 4.69) is 41.4 Å². The average Bonchev–Trinajstić information content (AvgIpc) is 3.35. The summed E-state index contributed by atoms with van der Waals surface area (Å²) in [6.45, 7) is 0.727. The van der Waals surface area contributed by atoms with Crippen molar-refractivity contribution < 1.29 is 4.79 Å². The molecule has 2 aromatic carbocycles. The smallest absolute Gasteiger partial charge is 0.264 e. The van der Waals surface area contributed by atoms with Crippen LogP contribution in [-0.2, 0) is 6.42 Å². The molecule has 5 rings (SSSR count). The molecule has 1 aliphatic heterocycles. The lowest BCUT2D eigenvalue weighted by molar-refractivity contribution is 0.0697. The molecule has 3 heterocycles. The maximum Gasteiger partial charge on any atom is 0.264 e. The van der Waals surface area contributed by atoms with Gasteiger partial charge in [-0.25, -0.2) is 0 Å². The highest BCUT2D eigenvalue weighted by molar-refractivity contribution is 7.12. The number of hydrogen-bond donors (Lipinski definition) is 1. The van der Waals surface area contributed by atoms with E-state index in [0.29, 0.717) is 0 Å². The summed E-state index contributed by atoms with van der Waals surface area (Å²) < 4.78 is 0. The van der Waals surface area contributed by atoms with Crippen LogP contribution in [0.3, 0.4) is 0 Å². The summed E-state index contributed by atoms with van der Waals surface area (Å²) in [7, 11) is 0. The standard InChI is InChI=1S/C22H18N2OS/c25-22(19-11-6-14-26-19)24-13-12-17-16-9-4-5-10-18(16)23-20(17)21(24)15-7-2-1-3-8-15/h1-11,14,21,23H,12-13H2/t21-/m1/s1. The number of rotatable bonds is 2. The van der Waals surface area contributed by atoms with Crippen molar-refractivity contribution >= 4 is 28.1 Å². The number of benzene rings is 2. The quantitative estimate of drug-likeness (QED) is 0.537. The molecular formula is C22H18N2OS. The molecule has 1 amide bonds. The van der Waals surface area contributed by atoms with Crippen LogP contribution in [0.25, 0.3) is 10.9 Å². The van der Waals surface area contributed by atoms with Crippen molar-refractivity contribution in [3.05, 3.63) is 93.8 Å². The lowest BCUT2D eigenvalue weighted by atomic mass is 9.92. The van der Waals surface area contributed by atoms with Crippen molar-refractivity contribution in [1.82, 2.24) is 9.88 Å². The molecule has 0 saturated carbocycles. The molecule has 0 aliphatic carbocycles. The van der Waals surface area contributed by atoms with Gasteiger partial charge in [0.15, 0.2) is 0 Å². The third-order valence-electron chi connectivity index (χ3n) is 5.14. The SMILES string of the molecule is O=C(c1cccs1)N1CCc2c([nH]c3ccccc23)[C@H]1c1ccccc1. The predicted octanol–water partition coefficient (Wildman–Crippen LogP) is 5.02. The fraction of sp³-hybridized carbons (Fsp3) is 0.136. The maximum absolute atomic E-state index is 13.2. The van der Waals surface area contributed by atoms with E-state index in [-0.39, 0.29) is 11.9 Å². The minimum atomic E-state index is -0.0815. The van der Waals surface area contributed by atoms with Gasteiger partial charge in [-0.15, -0.1) is 11.3 Å². The molecule has 1 aliphatic rings. The van der Waals surface area contributed by atoms with Crippen LogP contribution in [0.5, 0.6) is 0 Å². The summed E-state index contributed by atoms with van der Waals surface area (Å²) in [5.74, 6) is 0.109. The van der Waals surface area contributed by atoms with Crippen LogP contribution in [-0.4, -0.2) is 22.3 Å². The van der Waals surface area contributed by atoms with Gasteiger partial charge in [-0.1, -0.05) is 54.6 Å². The van der Waals surface area contributed by atoms with Crippen LogP contribution in [0.15, 0.2) is 72.1 Å². The lowest BCUT2D eigenvalue weighted by Gasteiger charge is -2.36. The normalized spacial score (nSPS) is 16.6. The Morgan fingerprint density at radius 2 is 1.81 bits per heavy atom. The second kappa shape index (κ2) is 6.15. The minimum Gasteiger partial charge on any atom is -0.356 e. The third kappa shape index (κ3) is 2.37. The Kier molecular flexibility index (Phi) is 3.64. The van der Waals surface area contributed by atoms with Crippen LogP contribution in [0.4, 0.5) is 0 Å². The number of H-pyrrole nitrogens is 1. The molecule has 0 radical (unpaired) electrons. The Morgan fingerprint density at radius 1 is 1.00 bits per heavy atom. The molecule has 0 fully saturated rings. The van der Waals surface area contributed by atoms with Crippen molar-refractivity contribution in [3.63, 3.8) is 0 Å². The molecule has 3 nitrogen and oxygen atoms in total. The van der Waals surface area contributed by atoms with Crippen molar-refractivity contribution in [2.24, 2.45) is 0 Å². The van der Waals surface area contributed by atoms with Crippen molar-refractivity contribution in [1.29, 1.82) is 0 Å². The number of amides is 1. The number of hydrogen-bond acceptors (Lipinski definition) is 2. The monoisotopic (exact) mass is 358 g/mol. The molecule has 128 valence electrons. The minimum absolute atomic E-state index is 0.0815. The summed E-state index contributed by atoms with van der Waals surface area (Å²) >= 11 is 1.51. The van der Waals surface area contributed by atoms with Gasteiger partial charge in [0.1, 0.15) is 0 Å². The van der Waals surface area contributed by atoms with Gasteiger partial charge in [-0.2, -0.15) is 0 Å². The highest BCUT2D eigenvalue weighted by Gasteiger charge is 2.35. The van der Waals surface area contributed by atoms with Crippen LogP contribution in [0.2, 0.25) is 0 Å². The van der Waals surface area contributed by atoms with E-state index in [1.54, 1.807) is 0 Å². The van der Waals surface area contributed by atoms with Gasteiger partial charge in [0.25, 0.3) is 5.91 Å². The molecule has 2 aromatic heterocycles. The Bertz CT molecular complexity index is 1070. The second-order valence-corrected chi connectivity index (χ2v) is 7.55. The van der Waals surface area contributed by atoms with Gasteiger partial charge in [0.2, 0.25) is 0 Å². The van der Waals surface area contributed by atoms with Gasteiger partial charge in [0.05, 0.1) is 10.9 Å². The molecule has 4 aromatic rings. The van der Waals surface area contributed by atoms with E-state index >= 15 is 0 Å². The number of thiophene rings is 1. The van der Waals surface area contributed by atoms with E-state index in [9.17, 15) is 4.79 Å². The molecule has 4 heteroatoms. The van der Waals surface area contributed by atoms with Crippen LogP contribution < -0.4 is 0 Å². The molecule has 0 saturated heterocycles. The molecule has 1 N–H and O–H groups in total. The lowest BCUT2D eigenvalue weighted by Crippen LogP contribution is -2.40. The molecule has 1 atom stereocenters. The summed E-state index contributed by atoms with van der Waals surface area (Å²) in [5, 5.41) is 3.23. The van der Waals surface area contributed by atoms with E-state index in [1.807, 2.05) is 40.6 Å². The Morgan fingerprint density at radius 3 is 2.62 bits per heavy atom. The zero-order valence-electron chi connectivity index (χ0n) is 14.2. The zero-order chi connectivity index (χ0) is 17.5. The first-order chi connectivity index (χ1) is 12.8. The van der Waals surface area contributed by atoms with Crippen LogP contribution >= 0.6 is 11.3 Å². The highest BCUT2D eigenvalue weighted by Crippen LogP contribution is 2.39. The van der Waals surface area contributed by atoms with Gasteiger partial charge in [-0.3, -0.25) is 4.79 Å². The molecule has 26 heavy (non-hydrogen) atoms. The number of aromatic amines is 1. The van der Waals surface area contributed by atoms with Crippen molar-refractivity contribution in [3.8, 4) is 0 Å². The number of carbonyl (C=O) groups excluding carboxylic acids is 1. The van der Waals surface area contributed by atoms with Gasteiger partial charge < -0.3 is 9.88 Å². The van der Waals surface area contributed by atoms with Crippen LogP contribution in [0, 0.1) is 0 Å². The van der Waals surface area contributed by atoms with E-state index in [1.165, 1.54) is 22.3 Å². The number of nitrogens with zero attached hydrogens (tertiary/aromatic N) is 1. The Hall–Kier alpha value is -2.85. The molecule has 0 spiro atoms. The molecular weight excluding hydrogens is 340 g/mol. The molecule has 0 unspecified atom stereocenters. The van der Waals surface area contributed by atoms with Gasteiger partial charge >= 0.3 is 0 Å². The summed E-state index contributed by atoms with van der Waals surface area (Å²) in [6, 6.07) is 22.5. The zero-order valence-corrected chi connectivity index (χ0v) is 15.0. The first kappa shape index (κ1) is 15.4. The van der Waals surface area contributed by atoms with Crippen molar-refractivity contribution in [2.75, 3.05) is 6.54 Å². The summed E-state index contributed by atoms with van der Waals surface area (Å²) in [6.07, 6.45) is 0.875. The number of nitrogens with one attached hydrogen (secondary N) is 1. The Balaban J connectivity index is 1.69. The topological polar surface area (TPSA) is 36.1 Å². The predicted molar refractivity (Wildman–Crippen MR) is 106 cm³/mol. The first-order valence-corrected chi connectivity index (χ1v) is 9.70. The number of carbonyl (C=O) groups is 1. The summed E-state index contributed by atoms with van der Waals surface area (Å²) in [5.41, 5.74) is 4.77. The van der Waals surface area contributed by atoms with Crippen molar-refractivity contribution in [2.45, 2.75) is 12.5 Å². The van der Waals surface area contributed by atoms with E-state index < -0.39 is 0 Å². The second-order valence-electron chi connectivity index (χ2n) is 6.60. The number of aromatic nitrogens is 1. The maximum atomic E-state index is 13.2. The third-order valence-corrected chi connectivity index (χ3v) is 6.00. The summed E-state index contributed by atoms with van der Waals surface area (Å²) in [4.78, 5) is 19.6. The highest BCUT2D eigenvalue weighted by atomic mass is 32.1. The largest absolute Gasteiger partial charge is 0.356 e. The number of para-hydroxylation sites is 1. The average molecular weight is 358 g/mol. The van der Waals surface area contributed by atoms with E-state index in [4.69, 9.17) is 0 Å². The van der Waals surface area contributed by atoms with Crippen LogP contribution in [0.1, 0.15) is 32.5 Å². The Labute approximate surface area is 155 Å². The fourth-order valence-electron chi connectivity index (χ4n) is 3.98. The van der Waals surface area contributed by atoms with Gasteiger partial charge in [0, 0.05) is 23.1 Å². The van der Waals surface area contributed by atoms with E-state index in [0.717, 1.165) is 34.6 Å². The first-order valence-electron chi connectivity index (χ1n) is 8.82. The van der Waals surface area contributed by atoms with Gasteiger partial charge in [-0.05, 0) is 35.1 Å². The fourth-order valence-corrected chi connectivity index (χ4v) is 4.66.